The molecule has 0 atom stereocenters. The van der Waals surface area contributed by atoms with E-state index in [1.807, 2.05) is 125 Å². The highest BCUT2D eigenvalue weighted by Crippen LogP contribution is 2.38. The fourth-order valence-corrected chi connectivity index (χ4v) is 14.3. The average Bonchev–Trinajstić information content (AvgIpc) is 0.761. The zero-order valence-corrected chi connectivity index (χ0v) is 64.8. The minimum absolute atomic E-state index is 0. The lowest BCUT2D eigenvalue weighted by Gasteiger charge is -2.17. The lowest BCUT2D eigenvalue weighted by Crippen LogP contribution is -2.32. The Morgan fingerprint density at radius 2 is 0.491 bits per heavy atom. The predicted molar refractivity (Wildman–Crippen MR) is 463 cm³/mol. The maximum absolute atomic E-state index is 8.54. The maximum Gasteiger partial charge on any atom is 0.212 e. The molecule has 0 fully saturated rings. The molecule has 0 radical (unpaired) electrons. The normalized spacial score (nSPS) is 12.9. The molecule has 0 spiro atoms. The van der Waals surface area contributed by atoms with E-state index in [0.29, 0.717) is 34.4 Å². The van der Waals surface area contributed by atoms with Crippen molar-refractivity contribution in [1.29, 1.82) is 0 Å². The lowest BCUT2D eigenvalue weighted by molar-refractivity contribution is -0.661. The number of pyridine rings is 4. The summed E-state index contributed by atoms with van der Waals surface area (Å²) in [6, 6.07) is 65.7. The van der Waals surface area contributed by atoms with E-state index < -0.39 is 32.3 Å². The first-order chi connectivity index (χ1) is 52.7. The second-order valence-electron chi connectivity index (χ2n) is 29.4. The molecule has 12 aromatic rings. The summed E-state index contributed by atoms with van der Waals surface area (Å²) in [5, 5.41) is 0. The van der Waals surface area contributed by atoms with Crippen LogP contribution in [0.5, 0.6) is 0 Å². The van der Waals surface area contributed by atoms with Crippen LogP contribution in [0.25, 0.3) is 89.5 Å². The Morgan fingerprint density at radius 3 is 0.802 bits per heavy atom. The molecule has 0 saturated carbocycles. The van der Waals surface area contributed by atoms with Gasteiger partial charge in [0.2, 0.25) is 22.8 Å². The Labute approximate surface area is 660 Å². The number of aromatic nitrogens is 4. The molecular weight excluding hydrogens is 1280 g/mol. The third-order valence-corrected chi connectivity index (χ3v) is 19.9. The van der Waals surface area contributed by atoms with Gasteiger partial charge in [0.15, 0.2) is 24.8 Å². The van der Waals surface area contributed by atoms with E-state index in [0.717, 1.165) is 61.5 Å². The molecule has 0 aliphatic rings. The van der Waals surface area contributed by atoms with Gasteiger partial charge in [0.05, 0.1) is 0 Å². The molecule has 4 nitrogen and oxygen atoms in total. The molecule has 4 aromatic heterocycles. The molecule has 4 heterocycles. The molecule has 106 heavy (non-hydrogen) atoms. The van der Waals surface area contributed by atoms with Crippen molar-refractivity contribution in [2.45, 2.75) is 204 Å². The highest BCUT2D eigenvalue weighted by Gasteiger charge is 2.25. The van der Waals surface area contributed by atoms with Crippen LogP contribution in [0.4, 0.5) is 0 Å². The summed E-state index contributed by atoms with van der Waals surface area (Å²) in [6.07, 6.45) is 8.16. The second-order valence-corrected chi connectivity index (χ2v) is 29.4. The zero-order valence-electron chi connectivity index (χ0n) is 75.8. The van der Waals surface area contributed by atoms with Crippen LogP contribution in [0.1, 0.15) is 233 Å². The molecule has 0 aliphatic heterocycles. The van der Waals surface area contributed by atoms with E-state index in [1.54, 1.807) is 49.9 Å². The molecule has 4 heteroatoms. The van der Waals surface area contributed by atoms with Crippen molar-refractivity contribution >= 4 is 0 Å². The summed E-state index contributed by atoms with van der Waals surface area (Å²) in [4.78, 5) is 0. The van der Waals surface area contributed by atoms with Gasteiger partial charge in [0, 0.05) is 83.9 Å². The Kier molecular flexibility index (Phi) is 25.4. The molecular formula is C102H132N4+4. The Balaban J connectivity index is 0.000000276. The standard InChI is InChI=1S/C26H32N.3C24H28N.4CH4/c1-17(2)22-15-26(27(7)16-25(22)18(3)4)24-14-23(19(5)13-20(24)6)21-11-9-8-10-12-21;2*1-16(2)21-14-24(25(6)15-19(21)5)23-13-22(17(3)12-18(23)4)20-10-8-7-9-11-20;1-16(2)23-15-25(6)24(13-19(23)5)22-14-21(17(3)12-18(22)4)20-10-8-7-9-11-20;;;;/h8-18H,1-7H3;3*7-16H,1-6H3;4*1H4/q4*+1;;;;/i;3D3,5D3,16D;;3D3,16D;;;;. The molecule has 12 rings (SSSR count). The molecule has 556 valence electrons. The van der Waals surface area contributed by atoms with Gasteiger partial charge in [-0.05, 0) is 241 Å². The van der Waals surface area contributed by atoms with Crippen LogP contribution in [-0.2, 0) is 28.2 Å². The summed E-state index contributed by atoms with van der Waals surface area (Å²) in [6.45, 7) is 30.9. The third-order valence-electron chi connectivity index (χ3n) is 19.9. The first kappa shape index (κ1) is 70.7. The molecule has 0 N–H and O–H groups in total. The maximum atomic E-state index is 8.54. The SMILES string of the molecule is C.C.C.C.Cc1cc(C)c(-c2cc(C(C)C)c(C(C)C)c[n+]2C)cc1-c1ccccc1.Cc1cc(C)c(-c2cc(C(C)C)c(C)c[n+]2C)cc1-c1ccccc1.[2H]C([2H])([2H])c1cc(C)c(-c2cc(C([2H])(C)C)c(C([2H])([2H])[2H])c[n+]2C)cc1-c1ccccc1.[2H]C([2H])([2H])c1cc(C)c(-c2cc(C)c(C([2H])(C)C)c[n+]2C)cc1-c1ccccc1. The van der Waals surface area contributed by atoms with E-state index in [-0.39, 0.29) is 40.8 Å². The zero-order chi connectivity index (χ0) is 83.5. The number of hydrogen-bond acceptors (Lipinski definition) is 0. The number of hydrogen-bond donors (Lipinski definition) is 0. The van der Waals surface area contributed by atoms with Crippen LogP contribution >= 0.6 is 0 Å². The Hall–Kier alpha value is -9.64. The quantitative estimate of drug-likeness (QED) is 0.102. The third kappa shape index (κ3) is 20.1. The minimum Gasteiger partial charge on any atom is -0.201 e. The topological polar surface area (TPSA) is 15.5 Å². The van der Waals surface area contributed by atoms with Crippen LogP contribution in [0, 0.1) is 75.9 Å². The van der Waals surface area contributed by atoms with E-state index in [2.05, 4.69) is 215 Å². The van der Waals surface area contributed by atoms with Gasteiger partial charge < -0.3 is 0 Å². The predicted octanol–water partition coefficient (Wildman–Crippen LogP) is 26.9. The van der Waals surface area contributed by atoms with Crippen LogP contribution in [0.15, 0.2) is 219 Å². The van der Waals surface area contributed by atoms with Crippen molar-refractivity contribution in [2.75, 3.05) is 0 Å². The first-order valence-corrected chi connectivity index (χ1v) is 36.0. The van der Waals surface area contributed by atoms with Crippen molar-refractivity contribution in [1.82, 2.24) is 0 Å². The number of benzene rings is 8. The van der Waals surface area contributed by atoms with Crippen molar-refractivity contribution in [2.24, 2.45) is 28.2 Å². The van der Waals surface area contributed by atoms with Crippen LogP contribution < -0.4 is 18.3 Å². The molecule has 8 aromatic carbocycles. The fraction of sp³-hybridized carbons (Fsp3) is 0.333. The van der Waals surface area contributed by atoms with Crippen LogP contribution in [-0.4, -0.2) is 0 Å². The number of nitrogens with zero attached hydrogens (tertiary/aromatic N) is 4. The summed E-state index contributed by atoms with van der Waals surface area (Å²) >= 11 is 0. The molecule has 0 amide bonds. The lowest BCUT2D eigenvalue weighted by atomic mass is 9.88. The summed E-state index contributed by atoms with van der Waals surface area (Å²) in [5.74, 6) is -0.236. The van der Waals surface area contributed by atoms with Gasteiger partial charge in [0.1, 0.15) is 28.2 Å². The highest BCUT2D eigenvalue weighted by molar-refractivity contribution is 5.80. The van der Waals surface area contributed by atoms with Crippen LogP contribution in [0.3, 0.4) is 0 Å². The largest absolute Gasteiger partial charge is 0.212 e. The Bertz CT molecular complexity index is 5390. The summed E-state index contributed by atoms with van der Waals surface area (Å²) < 4.78 is 97.2. The van der Waals surface area contributed by atoms with Gasteiger partial charge in [-0.1, -0.05) is 245 Å². The van der Waals surface area contributed by atoms with Crippen molar-refractivity contribution in [3.05, 3.63) is 308 Å². The van der Waals surface area contributed by atoms with Gasteiger partial charge in [-0.15, -0.1) is 0 Å². The highest BCUT2D eigenvalue weighted by atomic mass is 14.9. The van der Waals surface area contributed by atoms with Gasteiger partial charge in [-0.25, -0.2) is 18.3 Å². The number of rotatable bonds is 13. The first-order valence-electron chi connectivity index (χ1n) is 41.5. The van der Waals surface area contributed by atoms with Gasteiger partial charge in [0.25, 0.3) is 0 Å². The molecule has 0 bridgehead atoms. The Morgan fingerprint density at radius 1 is 0.236 bits per heavy atom. The molecule has 0 saturated heterocycles. The summed E-state index contributed by atoms with van der Waals surface area (Å²) in [7, 11) is 8.06. The average molecular weight is 1430 g/mol. The van der Waals surface area contributed by atoms with E-state index in [9.17, 15) is 0 Å². The molecule has 0 unspecified atom stereocenters. The molecule has 0 aliphatic carbocycles. The second kappa shape index (κ2) is 38.1. The summed E-state index contributed by atoms with van der Waals surface area (Å²) in [5.41, 5.74) is 32.8. The smallest absolute Gasteiger partial charge is 0.201 e. The van der Waals surface area contributed by atoms with Crippen molar-refractivity contribution < 1.29 is 33.3 Å². The van der Waals surface area contributed by atoms with Crippen molar-refractivity contribution in [3.63, 3.8) is 0 Å². The van der Waals surface area contributed by atoms with E-state index in [4.69, 9.17) is 15.1 Å². The van der Waals surface area contributed by atoms with E-state index in [1.165, 1.54) is 89.3 Å². The number of aryl methyl sites for hydroxylation is 15. The van der Waals surface area contributed by atoms with Gasteiger partial charge in [-0.2, -0.15) is 0 Å². The van der Waals surface area contributed by atoms with Crippen LogP contribution in [0.2, 0.25) is 0 Å². The fourth-order valence-electron chi connectivity index (χ4n) is 14.3. The minimum atomic E-state index is -2.35. The van der Waals surface area contributed by atoms with Gasteiger partial charge in [-0.3, -0.25) is 0 Å². The van der Waals surface area contributed by atoms with Crippen molar-refractivity contribution in [3.8, 4) is 89.5 Å². The van der Waals surface area contributed by atoms with E-state index >= 15 is 0 Å². The monoisotopic (exact) mass is 1420 g/mol. The van der Waals surface area contributed by atoms with Gasteiger partial charge >= 0.3 is 0 Å².